The first-order valence-corrected chi connectivity index (χ1v) is 26.3. The number of H-pyrrole nitrogens is 1. The van der Waals surface area contributed by atoms with E-state index < -0.39 is 52.9 Å². The summed E-state index contributed by atoms with van der Waals surface area (Å²) in [5, 5.41) is 17.6. The van der Waals surface area contributed by atoms with Gasteiger partial charge in [-0.3, -0.25) is 24.2 Å². The largest absolute Gasteiger partial charge is 0.493 e. The zero-order valence-corrected chi connectivity index (χ0v) is 43.5. The van der Waals surface area contributed by atoms with Gasteiger partial charge in [-0.15, -0.1) is 11.3 Å². The highest BCUT2D eigenvalue weighted by Crippen LogP contribution is 2.44. The number of carbonyl (C=O) groups excluding carboxylic acids is 3. The van der Waals surface area contributed by atoms with Crippen LogP contribution in [-0.4, -0.2) is 141 Å². The van der Waals surface area contributed by atoms with Gasteiger partial charge >= 0.3 is 0 Å². The number of aliphatic hydroxyl groups is 1. The van der Waals surface area contributed by atoms with Crippen molar-refractivity contribution in [2.24, 2.45) is 5.41 Å². The van der Waals surface area contributed by atoms with Crippen molar-refractivity contribution in [3.63, 3.8) is 0 Å². The number of fused-ring (bicyclic) bond motifs is 3. The molecule has 5 atom stereocenters. The van der Waals surface area contributed by atoms with Gasteiger partial charge in [-0.2, -0.15) is 0 Å². The Kier molecular flexibility index (Phi) is 16.5. The molecule has 3 amide bonds. The zero-order valence-electron chi connectivity index (χ0n) is 42.7. The smallest absolute Gasteiger partial charge is 0.246 e. The van der Waals surface area contributed by atoms with Gasteiger partial charge < -0.3 is 35.3 Å². The maximum absolute atomic E-state index is 16.1. The molecule has 5 heterocycles. The van der Waals surface area contributed by atoms with Crippen LogP contribution in [0.3, 0.4) is 0 Å². The fourth-order valence-electron chi connectivity index (χ4n) is 10.6. The lowest BCUT2D eigenvalue weighted by Crippen LogP contribution is -2.59. The first-order chi connectivity index (χ1) is 34.2. The molecule has 388 valence electrons. The molecule has 0 aliphatic carbocycles. The number of nitrogens with one attached hydrogen (secondary N) is 3. The molecule has 4 N–H and O–H groups in total. The van der Waals surface area contributed by atoms with Gasteiger partial charge in [0.1, 0.15) is 35.1 Å². The molecule has 13 nitrogen and oxygen atoms in total. The van der Waals surface area contributed by atoms with Gasteiger partial charge in [-0.25, -0.2) is 18.2 Å². The number of aryl methyl sites for hydroxylation is 1. The van der Waals surface area contributed by atoms with E-state index in [1.54, 1.807) is 11.3 Å². The van der Waals surface area contributed by atoms with Crippen molar-refractivity contribution >= 4 is 40.0 Å². The lowest BCUT2D eigenvalue weighted by molar-refractivity contribution is -0.144. The Morgan fingerprint density at radius 3 is 2.32 bits per heavy atom. The van der Waals surface area contributed by atoms with Crippen LogP contribution in [0.15, 0.2) is 66.2 Å². The summed E-state index contributed by atoms with van der Waals surface area (Å²) in [6.45, 7) is 17.0. The van der Waals surface area contributed by atoms with Crippen LogP contribution in [0, 0.1) is 24.0 Å². The number of nitrogens with zero attached hydrogens (tertiary/aromatic N) is 5. The van der Waals surface area contributed by atoms with E-state index in [2.05, 4.69) is 30.4 Å². The number of aromatic amines is 1. The SMILES string of the molecule is Cc1ncsc1-c1ccc(CNC(=O)[C@@H]2C[C@@H](O)CN2C(=O)C(NC(=O)CN2CCN(CCCCCOc3cc(F)c([C@@H]4c5[nH]c6ccccc6c5C[C@@H](C)N4CC(C)(C)F)c(F)c3)CC2)C(C)(C)C)cc1. The summed E-state index contributed by atoms with van der Waals surface area (Å²) in [6, 6.07) is 15.4. The summed E-state index contributed by atoms with van der Waals surface area (Å²) >= 11 is 1.57. The fourth-order valence-corrected chi connectivity index (χ4v) is 11.4. The average Bonchev–Trinajstić information content (AvgIpc) is 4.05. The monoisotopic (exact) mass is 1010 g/mol. The van der Waals surface area contributed by atoms with E-state index >= 15 is 13.2 Å². The van der Waals surface area contributed by atoms with Crippen molar-refractivity contribution in [3.05, 3.63) is 106 Å². The lowest BCUT2D eigenvalue weighted by Gasteiger charge is -2.43. The Balaban J connectivity index is 0.768. The van der Waals surface area contributed by atoms with Crippen molar-refractivity contribution in [1.82, 2.24) is 40.2 Å². The Morgan fingerprint density at radius 2 is 1.65 bits per heavy atom. The molecule has 17 heteroatoms. The molecule has 3 aromatic carbocycles. The minimum atomic E-state index is -1.59. The molecular formula is C55H71F3N8O5S. The molecule has 72 heavy (non-hydrogen) atoms. The van der Waals surface area contributed by atoms with Gasteiger partial charge in [0.25, 0.3) is 0 Å². The van der Waals surface area contributed by atoms with E-state index in [1.165, 1.54) is 30.9 Å². The van der Waals surface area contributed by atoms with Crippen LogP contribution in [0.1, 0.15) is 101 Å². The summed E-state index contributed by atoms with van der Waals surface area (Å²) in [4.78, 5) is 57.8. The number of unbranched alkanes of at least 4 members (excludes halogenated alkanes) is 2. The number of thiazole rings is 1. The number of β-amino-alcohol motifs (C(OH)–C–C–N with tert-alkyl or cyclic N) is 1. The van der Waals surface area contributed by atoms with Crippen LogP contribution in [0.2, 0.25) is 0 Å². The summed E-state index contributed by atoms with van der Waals surface area (Å²) in [7, 11) is 0. The molecule has 3 aliphatic heterocycles. The van der Waals surface area contributed by atoms with Gasteiger partial charge in [-0.05, 0) is 88.1 Å². The second kappa shape index (κ2) is 22.4. The number of rotatable bonds is 18. The molecule has 2 fully saturated rings. The third-order valence-corrected chi connectivity index (χ3v) is 15.3. The standard InChI is InChI=1S/C55H71F3N8O5S/c1-34-25-41-40-13-9-10-14-44(40)61-48(41)49(66(34)32-55(6,7)58)47-42(56)27-39(28-43(47)57)71-24-12-8-11-19-63-20-22-64(23-21-63)31-46(68)62-51(54(3,4)5)53(70)65-30-38(67)26-45(65)52(69)59-29-36-15-17-37(18-16-36)50-35(2)60-33-72-50/h9-10,13-18,27-28,33-34,38,45,49,51,61,67H,8,11-12,19-26,29-32H2,1-7H3,(H,59,69)(H,62,68)/t34-,38-,45+,49-,51?/m1/s1. The topological polar surface area (TPSA) is 146 Å². The molecule has 8 rings (SSSR count). The van der Waals surface area contributed by atoms with E-state index in [4.69, 9.17) is 4.74 Å². The normalized spacial score (nSPS) is 20.7. The average molecular weight is 1010 g/mol. The van der Waals surface area contributed by atoms with Crippen molar-refractivity contribution in [2.75, 3.05) is 59.0 Å². The van der Waals surface area contributed by atoms with Crippen LogP contribution in [-0.2, 0) is 27.3 Å². The molecule has 5 aromatic rings. The van der Waals surface area contributed by atoms with E-state index in [9.17, 15) is 19.5 Å². The first-order valence-electron chi connectivity index (χ1n) is 25.4. The number of carbonyl (C=O) groups is 3. The second-order valence-corrected chi connectivity index (χ2v) is 22.5. The second-order valence-electron chi connectivity index (χ2n) is 21.7. The Bertz CT molecular complexity index is 2670. The number of piperazine rings is 1. The molecule has 0 radical (unpaired) electrons. The van der Waals surface area contributed by atoms with Gasteiger partial charge in [0.15, 0.2) is 0 Å². The quantitative estimate of drug-likeness (QED) is 0.0643. The van der Waals surface area contributed by atoms with Crippen molar-refractivity contribution in [2.45, 2.75) is 123 Å². The van der Waals surface area contributed by atoms with Crippen LogP contribution >= 0.6 is 11.3 Å². The molecule has 0 saturated carbocycles. The van der Waals surface area contributed by atoms with Gasteiger partial charge in [-0.1, -0.05) is 63.2 Å². The van der Waals surface area contributed by atoms with Crippen molar-refractivity contribution in [1.29, 1.82) is 0 Å². The number of halogens is 3. The number of ether oxygens (including phenoxy) is 1. The number of hydrogen-bond donors (Lipinski definition) is 4. The maximum Gasteiger partial charge on any atom is 0.246 e. The Morgan fingerprint density at radius 1 is 0.958 bits per heavy atom. The molecule has 1 unspecified atom stereocenters. The first kappa shape index (κ1) is 53.0. The molecule has 3 aliphatic rings. The van der Waals surface area contributed by atoms with E-state index in [0.29, 0.717) is 38.2 Å². The van der Waals surface area contributed by atoms with E-state index in [-0.39, 0.29) is 61.8 Å². The van der Waals surface area contributed by atoms with E-state index in [1.807, 2.05) is 93.6 Å². The lowest BCUT2D eigenvalue weighted by atomic mass is 9.85. The maximum atomic E-state index is 16.1. The third-order valence-electron chi connectivity index (χ3n) is 14.3. The van der Waals surface area contributed by atoms with Gasteiger partial charge in [0.05, 0.1) is 41.4 Å². The highest BCUT2D eigenvalue weighted by Gasteiger charge is 2.45. The molecular weight excluding hydrogens is 942 g/mol. The van der Waals surface area contributed by atoms with Crippen molar-refractivity contribution < 1.29 is 37.4 Å². The Labute approximate surface area is 425 Å². The number of aromatic nitrogens is 2. The summed E-state index contributed by atoms with van der Waals surface area (Å²) in [5.41, 5.74) is 4.91. The Hall–Kier alpha value is -5.33. The number of aliphatic hydroxyl groups excluding tert-OH is 1. The summed E-state index contributed by atoms with van der Waals surface area (Å²) in [5.74, 6) is -2.38. The van der Waals surface area contributed by atoms with E-state index in [0.717, 1.165) is 70.6 Å². The van der Waals surface area contributed by atoms with Crippen molar-refractivity contribution in [3.8, 4) is 16.2 Å². The van der Waals surface area contributed by atoms with Gasteiger partial charge in [0.2, 0.25) is 17.7 Å². The van der Waals surface area contributed by atoms with Crippen LogP contribution in [0.25, 0.3) is 21.3 Å². The number of hydrogen-bond acceptors (Lipinski definition) is 10. The molecule has 0 spiro atoms. The predicted molar refractivity (Wildman–Crippen MR) is 275 cm³/mol. The molecule has 2 aromatic heterocycles. The zero-order chi connectivity index (χ0) is 51.5. The summed E-state index contributed by atoms with van der Waals surface area (Å²) in [6.07, 6.45) is 2.32. The van der Waals surface area contributed by atoms with Crippen LogP contribution in [0.4, 0.5) is 13.2 Å². The summed E-state index contributed by atoms with van der Waals surface area (Å²) < 4.78 is 53.4. The van der Waals surface area contributed by atoms with Crippen LogP contribution in [0.5, 0.6) is 5.75 Å². The van der Waals surface area contributed by atoms with Gasteiger partial charge in [0, 0.05) is 92.6 Å². The predicted octanol–water partition coefficient (Wildman–Crippen LogP) is 7.94. The minimum Gasteiger partial charge on any atom is -0.493 e. The highest BCUT2D eigenvalue weighted by molar-refractivity contribution is 7.13. The minimum absolute atomic E-state index is 0.00132. The highest BCUT2D eigenvalue weighted by atomic mass is 32.1. The number of alkyl halides is 1. The molecule has 0 bridgehead atoms. The number of para-hydroxylation sites is 1. The van der Waals surface area contributed by atoms with Crippen LogP contribution < -0.4 is 15.4 Å². The number of benzene rings is 3. The molecule has 2 saturated heterocycles. The fraction of sp³-hybridized carbons (Fsp3) is 0.527. The number of likely N-dealkylation sites (tertiary alicyclic amines) is 1. The third kappa shape index (κ3) is 12.5. The number of amides is 3.